The first kappa shape index (κ1) is 15.6. The molecule has 0 spiro atoms. The van der Waals surface area contributed by atoms with Gasteiger partial charge in [0, 0.05) is 14.8 Å². The minimum absolute atomic E-state index is 0.0947. The summed E-state index contributed by atoms with van der Waals surface area (Å²) in [6, 6.07) is 13.1. The van der Waals surface area contributed by atoms with Gasteiger partial charge in [-0.3, -0.25) is 4.79 Å². The maximum Gasteiger partial charge on any atom is 0.228 e. The molecule has 0 saturated carbocycles. The molecule has 1 N–H and O–H groups in total. The molecule has 0 aliphatic heterocycles. The van der Waals surface area contributed by atoms with Crippen LogP contribution in [0.15, 0.2) is 42.5 Å². The Balaban J connectivity index is 2.09. The second-order valence-corrected chi connectivity index (χ2v) is 5.66. The molecule has 0 radical (unpaired) electrons. The van der Waals surface area contributed by atoms with Crippen LogP contribution in [0.5, 0.6) is 11.5 Å². The topological polar surface area (TPSA) is 47.6 Å². The van der Waals surface area contributed by atoms with Crippen molar-refractivity contribution in [2.24, 2.45) is 0 Å². The largest absolute Gasteiger partial charge is 0.497 e. The molecule has 0 unspecified atom stereocenters. The second-order valence-electron chi connectivity index (χ2n) is 4.41. The van der Waals surface area contributed by atoms with Gasteiger partial charge in [0.1, 0.15) is 11.5 Å². The van der Waals surface area contributed by atoms with E-state index in [4.69, 9.17) is 9.47 Å². The molecule has 0 bridgehead atoms. The summed E-state index contributed by atoms with van der Waals surface area (Å²) < 4.78 is 11.6. The fourth-order valence-electron chi connectivity index (χ4n) is 1.93. The first-order valence-electron chi connectivity index (χ1n) is 6.38. The molecule has 0 heterocycles. The van der Waals surface area contributed by atoms with Crippen LogP contribution in [-0.4, -0.2) is 20.1 Å². The molecule has 5 heteroatoms. The van der Waals surface area contributed by atoms with E-state index in [9.17, 15) is 4.79 Å². The van der Waals surface area contributed by atoms with E-state index >= 15 is 0 Å². The summed E-state index contributed by atoms with van der Waals surface area (Å²) in [5.74, 6) is 1.28. The zero-order valence-electron chi connectivity index (χ0n) is 11.9. The first-order chi connectivity index (χ1) is 10.1. The fraction of sp³-hybridized carbons (Fsp3) is 0.188. The van der Waals surface area contributed by atoms with E-state index in [0.29, 0.717) is 11.5 Å². The Hall–Kier alpha value is -1.76. The molecule has 2 rings (SSSR count). The van der Waals surface area contributed by atoms with Crippen LogP contribution < -0.4 is 14.8 Å². The average molecular weight is 397 g/mol. The Morgan fingerprint density at radius 2 is 1.81 bits per heavy atom. The highest BCUT2D eigenvalue weighted by atomic mass is 127. The number of hydrogen-bond donors (Lipinski definition) is 1. The Morgan fingerprint density at radius 1 is 1.10 bits per heavy atom. The van der Waals surface area contributed by atoms with E-state index in [1.165, 1.54) is 0 Å². The van der Waals surface area contributed by atoms with Gasteiger partial charge in [-0.15, -0.1) is 0 Å². The van der Waals surface area contributed by atoms with Gasteiger partial charge in [-0.25, -0.2) is 0 Å². The van der Waals surface area contributed by atoms with E-state index in [2.05, 4.69) is 27.9 Å². The zero-order chi connectivity index (χ0) is 15.2. The summed E-state index contributed by atoms with van der Waals surface area (Å²) >= 11 is 2.22. The Bertz CT molecular complexity index is 626. The highest BCUT2D eigenvalue weighted by Crippen LogP contribution is 2.24. The fourth-order valence-corrected chi connectivity index (χ4v) is 2.29. The van der Waals surface area contributed by atoms with Crippen LogP contribution in [0, 0.1) is 3.57 Å². The molecule has 0 fully saturated rings. The number of carbonyl (C=O) groups is 1. The van der Waals surface area contributed by atoms with Crippen molar-refractivity contribution in [2.75, 3.05) is 19.5 Å². The van der Waals surface area contributed by atoms with Crippen molar-refractivity contribution < 1.29 is 14.3 Å². The summed E-state index contributed by atoms with van der Waals surface area (Å²) in [6.45, 7) is 0. The lowest BCUT2D eigenvalue weighted by molar-refractivity contribution is -0.115. The molecule has 0 aromatic heterocycles. The molecule has 21 heavy (non-hydrogen) atoms. The molecule has 0 aliphatic carbocycles. The SMILES string of the molecule is COc1ccc(OC)c(CC(=O)Nc2ccc(I)cc2)c1. The van der Waals surface area contributed by atoms with Gasteiger partial charge in [0.05, 0.1) is 20.6 Å². The molecule has 0 aliphatic rings. The number of ether oxygens (including phenoxy) is 2. The van der Waals surface area contributed by atoms with Crippen molar-refractivity contribution in [3.8, 4) is 11.5 Å². The maximum absolute atomic E-state index is 12.1. The monoisotopic (exact) mass is 397 g/mol. The first-order valence-corrected chi connectivity index (χ1v) is 7.46. The normalized spacial score (nSPS) is 10.0. The number of halogens is 1. The Kier molecular flexibility index (Phi) is 5.44. The summed E-state index contributed by atoms with van der Waals surface area (Å²) in [7, 11) is 3.18. The molecule has 2 aromatic rings. The molecular formula is C16H16INO3. The molecule has 0 atom stereocenters. The Labute approximate surface area is 137 Å². The number of rotatable bonds is 5. The maximum atomic E-state index is 12.1. The Morgan fingerprint density at radius 3 is 2.43 bits per heavy atom. The minimum atomic E-state index is -0.0947. The van der Waals surface area contributed by atoms with E-state index in [0.717, 1.165) is 14.8 Å². The van der Waals surface area contributed by atoms with Crippen LogP contribution in [0.25, 0.3) is 0 Å². The predicted octanol–water partition coefficient (Wildman–Crippen LogP) is 3.49. The second kappa shape index (κ2) is 7.31. The van der Waals surface area contributed by atoms with Gasteiger partial charge in [-0.1, -0.05) is 0 Å². The van der Waals surface area contributed by atoms with Gasteiger partial charge in [0.15, 0.2) is 0 Å². The van der Waals surface area contributed by atoms with Crippen molar-refractivity contribution in [1.82, 2.24) is 0 Å². The summed E-state index contributed by atoms with van der Waals surface area (Å²) in [4.78, 5) is 12.1. The smallest absolute Gasteiger partial charge is 0.228 e. The number of benzene rings is 2. The number of carbonyl (C=O) groups excluding carboxylic acids is 1. The number of methoxy groups -OCH3 is 2. The number of nitrogens with one attached hydrogen (secondary N) is 1. The van der Waals surface area contributed by atoms with E-state index < -0.39 is 0 Å². The van der Waals surface area contributed by atoms with Gasteiger partial charge in [-0.05, 0) is 65.1 Å². The minimum Gasteiger partial charge on any atom is -0.497 e. The summed E-state index contributed by atoms with van der Waals surface area (Å²) in [5.41, 5.74) is 1.57. The number of anilines is 1. The van der Waals surface area contributed by atoms with E-state index in [1.807, 2.05) is 30.3 Å². The van der Waals surface area contributed by atoms with Gasteiger partial charge < -0.3 is 14.8 Å². The van der Waals surface area contributed by atoms with Crippen LogP contribution in [-0.2, 0) is 11.2 Å². The van der Waals surface area contributed by atoms with Gasteiger partial charge in [0.2, 0.25) is 5.91 Å². The van der Waals surface area contributed by atoms with Crippen molar-refractivity contribution in [1.29, 1.82) is 0 Å². The standard InChI is InChI=1S/C16H16INO3/c1-20-14-7-8-15(21-2)11(9-14)10-16(19)18-13-5-3-12(17)4-6-13/h3-9H,10H2,1-2H3,(H,18,19). The van der Waals surface area contributed by atoms with Crippen molar-refractivity contribution in [3.63, 3.8) is 0 Å². The van der Waals surface area contributed by atoms with Crippen LogP contribution in [0.1, 0.15) is 5.56 Å². The van der Waals surface area contributed by atoms with Crippen LogP contribution >= 0.6 is 22.6 Å². The van der Waals surface area contributed by atoms with Crippen LogP contribution in [0.2, 0.25) is 0 Å². The highest BCUT2D eigenvalue weighted by molar-refractivity contribution is 14.1. The van der Waals surface area contributed by atoms with Crippen molar-refractivity contribution in [2.45, 2.75) is 6.42 Å². The van der Waals surface area contributed by atoms with Gasteiger partial charge in [-0.2, -0.15) is 0 Å². The van der Waals surface area contributed by atoms with Crippen molar-refractivity contribution in [3.05, 3.63) is 51.6 Å². The summed E-state index contributed by atoms with van der Waals surface area (Å²) in [6.07, 6.45) is 0.229. The molecule has 0 saturated heterocycles. The predicted molar refractivity (Wildman–Crippen MR) is 91.0 cm³/mol. The third kappa shape index (κ3) is 4.35. The summed E-state index contributed by atoms with van der Waals surface area (Å²) in [5, 5.41) is 2.87. The van der Waals surface area contributed by atoms with E-state index in [1.54, 1.807) is 26.4 Å². The lowest BCUT2D eigenvalue weighted by atomic mass is 10.1. The van der Waals surface area contributed by atoms with Gasteiger partial charge >= 0.3 is 0 Å². The molecule has 110 valence electrons. The molecular weight excluding hydrogens is 381 g/mol. The molecule has 4 nitrogen and oxygen atoms in total. The average Bonchev–Trinajstić information content (AvgIpc) is 2.49. The number of amides is 1. The lowest BCUT2D eigenvalue weighted by Gasteiger charge is -2.11. The third-order valence-electron chi connectivity index (χ3n) is 2.97. The zero-order valence-corrected chi connectivity index (χ0v) is 14.0. The quantitative estimate of drug-likeness (QED) is 0.786. The van der Waals surface area contributed by atoms with Crippen molar-refractivity contribution >= 4 is 34.2 Å². The lowest BCUT2D eigenvalue weighted by Crippen LogP contribution is -2.15. The third-order valence-corrected chi connectivity index (χ3v) is 3.69. The van der Waals surface area contributed by atoms with E-state index in [-0.39, 0.29) is 12.3 Å². The highest BCUT2D eigenvalue weighted by Gasteiger charge is 2.10. The van der Waals surface area contributed by atoms with Gasteiger partial charge in [0.25, 0.3) is 0 Å². The molecule has 2 aromatic carbocycles. The van der Waals surface area contributed by atoms with Crippen LogP contribution in [0.4, 0.5) is 5.69 Å². The number of hydrogen-bond acceptors (Lipinski definition) is 3. The molecule has 1 amide bonds. The van der Waals surface area contributed by atoms with Crippen LogP contribution in [0.3, 0.4) is 0 Å².